The van der Waals surface area contributed by atoms with Crippen molar-refractivity contribution in [3.05, 3.63) is 88.1 Å². The Morgan fingerprint density at radius 2 is 1.60 bits per heavy atom. The summed E-state index contributed by atoms with van der Waals surface area (Å²) < 4.78 is 0. The Kier molecular flexibility index (Phi) is 6.95. The van der Waals surface area contributed by atoms with Gasteiger partial charge in [0.1, 0.15) is 0 Å². The zero-order chi connectivity index (χ0) is 20.8. The lowest BCUT2D eigenvalue weighted by Crippen LogP contribution is -2.48. The Bertz CT molecular complexity index is 934. The van der Waals surface area contributed by atoms with E-state index in [1.54, 1.807) is 0 Å². The SMILES string of the molecule is Cc1ccccc1C(=O)N(CCN1CCN(Cc2cccs2)CC1)c1ccccc1. The lowest BCUT2D eigenvalue weighted by molar-refractivity contribution is 0.0973. The third-order valence-electron chi connectivity index (χ3n) is 5.75. The van der Waals surface area contributed by atoms with Crippen molar-refractivity contribution in [2.75, 3.05) is 44.2 Å². The first-order valence-electron chi connectivity index (χ1n) is 10.6. The average Bonchev–Trinajstić information content (AvgIpc) is 3.29. The minimum absolute atomic E-state index is 0.0793. The van der Waals surface area contributed by atoms with Crippen LogP contribution in [0.5, 0.6) is 0 Å². The maximum atomic E-state index is 13.4. The van der Waals surface area contributed by atoms with Gasteiger partial charge in [-0.25, -0.2) is 0 Å². The van der Waals surface area contributed by atoms with E-state index in [9.17, 15) is 4.79 Å². The first-order valence-corrected chi connectivity index (χ1v) is 11.5. The van der Waals surface area contributed by atoms with Gasteiger partial charge in [0.05, 0.1) is 0 Å². The van der Waals surface area contributed by atoms with Crippen molar-refractivity contribution in [3.63, 3.8) is 0 Å². The Labute approximate surface area is 183 Å². The number of nitrogens with zero attached hydrogens (tertiary/aromatic N) is 3. The predicted octanol–water partition coefficient (Wildman–Crippen LogP) is 4.52. The molecule has 0 aliphatic carbocycles. The maximum absolute atomic E-state index is 13.4. The van der Waals surface area contributed by atoms with E-state index >= 15 is 0 Å². The van der Waals surface area contributed by atoms with Gasteiger partial charge >= 0.3 is 0 Å². The summed E-state index contributed by atoms with van der Waals surface area (Å²) in [7, 11) is 0. The van der Waals surface area contributed by atoms with Crippen LogP contribution < -0.4 is 4.90 Å². The zero-order valence-corrected chi connectivity index (χ0v) is 18.4. The Morgan fingerprint density at radius 3 is 2.30 bits per heavy atom. The molecule has 0 N–H and O–H groups in total. The largest absolute Gasteiger partial charge is 0.307 e. The highest BCUT2D eigenvalue weighted by Gasteiger charge is 2.22. The van der Waals surface area contributed by atoms with Crippen molar-refractivity contribution in [1.82, 2.24) is 9.80 Å². The van der Waals surface area contributed by atoms with Gasteiger partial charge in [-0.15, -0.1) is 11.3 Å². The van der Waals surface area contributed by atoms with Gasteiger partial charge in [-0.1, -0.05) is 42.5 Å². The quantitative estimate of drug-likeness (QED) is 0.563. The summed E-state index contributed by atoms with van der Waals surface area (Å²) in [6, 6.07) is 22.2. The molecule has 0 spiro atoms. The molecule has 1 aliphatic heterocycles. The van der Waals surface area contributed by atoms with Crippen LogP contribution in [0.3, 0.4) is 0 Å². The van der Waals surface area contributed by atoms with Crippen molar-refractivity contribution in [1.29, 1.82) is 0 Å². The molecule has 5 heteroatoms. The first kappa shape index (κ1) is 20.8. The molecular weight excluding hydrogens is 390 g/mol. The van der Waals surface area contributed by atoms with Crippen LogP contribution in [0.1, 0.15) is 20.8 Å². The van der Waals surface area contributed by atoms with Crippen LogP contribution in [0, 0.1) is 6.92 Å². The van der Waals surface area contributed by atoms with Crippen LogP contribution in [0.2, 0.25) is 0 Å². The van der Waals surface area contributed by atoms with E-state index in [4.69, 9.17) is 0 Å². The Hall–Kier alpha value is -2.47. The van der Waals surface area contributed by atoms with E-state index in [2.05, 4.69) is 27.3 Å². The van der Waals surface area contributed by atoms with E-state index in [1.165, 1.54) is 4.88 Å². The molecule has 0 unspecified atom stereocenters. The Balaban J connectivity index is 1.38. The molecule has 4 nitrogen and oxygen atoms in total. The molecule has 2 heterocycles. The highest BCUT2D eigenvalue weighted by Crippen LogP contribution is 2.19. The van der Waals surface area contributed by atoms with E-state index in [1.807, 2.05) is 77.8 Å². The number of thiophene rings is 1. The minimum Gasteiger partial charge on any atom is -0.307 e. The summed E-state index contributed by atoms with van der Waals surface area (Å²) in [5.41, 5.74) is 2.76. The normalized spacial score (nSPS) is 15.2. The fraction of sp³-hybridized carbons (Fsp3) is 0.320. The summed E-state index contributed by atoms with van der Waals surface area (Å²) in [4.78, 5) is 21.7. The fourth-order valence-electron chi connectivity index (χ4n) is 3.95. The number of aryl methyl sites for hydroxylation is 1. The number of piperazine rings is 1. The number of amides is 1. The minimum atomic E-state index is 0.0793. The summed E-state index contributed by atoms with van der Waals surface area (Å²) in [6.45, 7) is 8.89. The predicted molar refractivity (Wildman–Crippen MR) is 125 cm³/mol. The number of hydrogen-bond donors (Lipinski definition) is 0. The molecule has 0 atom stereocenters. The van der Waals surface area contributed by atoms with E-state index < -0.39 is 0 Å². The van der Waals surface area contributed by atoms with Crippen LogP contribution in [-0.4, -0.2) is 55.0 Å². The van der Waals surface area contributed by atoms with Gasteiger partial charge in [0.15, 0.2) is 0 Å². The number of para-hydroxylation sites is 1. The second-order valence-electron chi connectivity index (χ2n) is 7.80. The molecule has 2 aromatic carbocycles. The third-order valence-corrected chi connectivity index (χ3v) is 6.61. The van der Waals surface area contributed by atoms with Crippen molar-refractivity contribution in [2.24, 2.45) is 0 Å². The Morgan fingerprint density at radius 1 is 0.900 bits per heavy atom. The number of hydrogen-bond acceptors (Lipinski definition) is 4. The standard InChI is InChI=1S/C25H29N3OS/c1-21-8-5-6-12-24(21)25(29)28(22-9-3-2-4-10-22)18-17-26-13-15-27(16-14-26)20-23-11-7-19-30-23/h2-12,19H,13-18,20H2,1H3. The number of rotatable bonds is 7. The van der Waals surface area contributed by atoms with Crippen molar-refractivity contribution in [3.8, 4) is 0 Å². The maximum Gasteiger partial charge on any atom is 0.258 e. The number of carbonyl (C=O) groups is 1. The summed E-state index contributed by atoms with van der Waals surface area (Å²) in [6.07, 6.45) is 0. The van der Waals surface area contributed by atoms with Crippen LogP contribution in [0.15, 0.2) is 72.1 Å². The second kappa shape index (κ2) is 10.0. The van der Waals surface area contributed by atoms with Crippen LogP contribution >= 0.6 is 11.3 Å². The summed E-state index contributed by atoms with van der Waals surface area (Å²) in [5.74, 6) is 0.0793. The van der Waals surface area contributed by atoms with Gasteiger partial charge in [0, 0.05) is 61.9 Å². The van der Waals surface area contributed by atoms with Gasteiger partial charge in [0.25, 0.3) is 5.91 Å². The van der Waals surface area contributed by atoms with E-state index in [-0.39, 0.29) is 5.91 Å². The topological polar surface area (TPSA) is 26.8 Å². The summed E-state index contributed by atoms with van der Waals surface area (Å²) in [5, 5.41) is 2.15. The molecule has 0 bridgehead atoms. The smallest absolute Gasteiger partial charge is 0.258 e. The average molecular weight is 420 g/mol. The number of anilines is 1. The molecule has 3 aromatic rings. The molecule has 0 radical (unpaired) electrons. The highest BCUT2D eigenvalue weighted by atomic mass is 32.1. The van der Waals surface area contributed by atoms with Crippen LogP contribution in [-0.2, 0) is 6.54 Å². The van der Waals surface area contributed by atoms with Gasteiger partial charge < -0.3 is 4.90 Å². The molecule has 1 aromatic heterocycles. The highest BCUT2D eigenvalue weighted by molar-refractivity contribution is 7.09. The monoisotopic (exact) mass is 419 g/mol. The number of carbonyl (C=O) groups excluding carboxylic acids is 1. The lowest BCUT2D eigenvalue weighted by atomic mass is 10.1. The van der Waals surface area contributed by atoms with Gasteiger partial charge in [-0.3, -0.25) is 14.6 Å². The van der Waals surface area contributed by atoms with Gasteiger partial charge in [-0.2, -0.15) is 0 Å². The molecular formula is C25H29N3OS. The molecule has 1 aliphatic rings. The molecule has 1 amide bonds. The molecule has 4 rings (SSSR count). The second-order valence-corrected chi connectivity index (χ2v) is 8.84. The molecule has 30 heavy (non-hydrogen) atoms. The van der Waals surface area contributed by atoms with Gasteiger partial charge in [0.2, 0.25) is 0 Å². The first-order chi connectivity index (χ1) is 14.7. The zero-order valence-electron chi connectivity index (χ0n) is 17.5. The molecule has 0 saturated carbocycles. The summed E-state index contributed by atoms with van der Waals surface area (Å²) >= 11 is 1.83. The van der Waals surface area contributed by atoms with Crippen LogP contribution in [0.4, 0.5) is 5.69 Å². The number of benzene rings is 2. The van der Waals surface area contributed by atoms with E-state index in [0.717, 1.165) is 56.1 Å². The van der Waals surface area contributed by atoms with Crippen molar-refractivity contribution < 1.29 is 4.79 Å². The molecule has 1 saturated heterocycles. The van der Waals surface area contributed by atoms with Gasteiger partial charge in [-0.05, 0) is 42.1 Å². The van der Waals surface area contributed by atoms with E-state index in [0.29, 0.717) is 6.54 Å². The molecule has 1 fully saturated rings. The lowest BCUT2D eigenvalue weighted by Gasteiger charge is -2.35. The van der Waals surface area contributed by atoms with Crippen molar-refractivity contribution in [2.45, 2.75) is 13.5 Å². The third kappa shape index (κ3) is 5.17. The van der Waals surface area contributed by atoms with Crippen LogP contribution in [0.25, 0.3) is 0 Å². The van der Waals surface area contributed by atoms with Crippen molar-refractivity contribution >= 4 is 22.9 Å². The molecule has 156 valence electrons. The fourth-order valence-corrected chi connectivity index (χ4v) is 4.70.